The molecule has 0 aromatic carbocycles. The van der Waals surface area contributed by atoms with Crippen LogP contribution in [0.25, 0.3) is 0 Å². The van der Waals surface area contributed by atoms with Gasteiger partial charge in [0.2, 0.25) is 0 Å². The smallest absolute Gasteiger partial charge is 0.336 e. The van der Waals surface area contributed by atoms with Crippen molar-refractivity contribution in [3.05, 3.63) is 33.4 Å². The summed E-state index contributed by atoms with van der Waals surface area (Å²) in [6.45, 7) is 4.82. The highest BCUT2D eigenvalue weighted by Crippen LogP contribution is 2.62. The van der Waals surface area contributed by atoms with E-state index in [1.807, 2.05) is 0 Å². The Morgan fingerprint density at radius 3 is 2.54 bits per heavy atom. The molecule has 4 rings (SSSR count). The molecule has 1 saturated heterocycles. The van der Waals surface area contributed by atoms with Crippen LogP contribution >= 0.6 is 11.6 Å². The second-order valence-corrected chi connectivity index (χ2v) is 8.50. The molecule has 2 aliphatic carbocycles. The summed E-state index contributed by atoms with van der Waals surface area (Å²) >= 11 is 6.58. The van der Waals surface area contributed by atoms with E-state index in [9.17, 15) is 24.9 Å². The molecule has 8 heteroatoms. The largest absolute Gasteiger partial charge is 0.461 e. The number of hydrogen-bond acceptors (Lipinski definition) is 7. The minimum Gasteiger partial charge on any atom is -0.461 e. The van der Waals surface area contributed by atoms with E-state index >= 15 is 0 Å². The van der Waals surface area contributed by atoms with Gasteiger partial charge in [0.05, 0.1) is 17.6 Å². The predicted molar refractivity (Wildman–Crippen MR) is 89.8 cm³/mol. The summed E-state index contributed by atoms with van der Waals surface area (Å²) in [5.41, 5.74) is -1.92. The number of carbonyl (C=O) groups is 1. The fraction of sp³-hybridized carbons (Fsp3) is 0.667. The average molecular weight is 385 g/mol. The van der Waals surface area contributed by atoms with E-state index in [2.05, 4.69) is 0 Å². The zero-order chi connectivity index (χ0) is 19.2. The first-order valence-electron chi connectivity index (χ1n) is 8.61. The first-order valence-corrected chi connectivity index (χ1v) is 9.05. The molecule has 2 heterocycles. The second-order valence-electron chi connectivity index (χ2n) is 8.03. The third-order valence-electron chi connectivity index (χ3n) is 6.63. The first-order chi connectivity index (χ1) is 12.0. The van der Waals surface area contributed by atoms with E-state index < -0.39 is 58.1 Å². The Morgan fingerprint density at radius 2 is 1.92 bits per heavy atom. The Bertz CT molecular complexity index is 848. The van der Waals surface area contributed by atoms with Crippen LogP contribution in [0.3, 0.4) is 0 Å². The van der Waals surface area contributed by atoms with E-state index in [4.69, 9.17) is 20.8 Å². The summed E-state index contributed by atoms with van der Waals surface area (Å²) in [6, 6.07) is 1.31. The molecule has 3 aliphatic rings. The molecule has 0 spiro atoms. The predicted octanol–water partition coefficient (Wildman–Crippen LogP) is 0.398. The van der Waals surface area contributed by atoms with Gasteiger partial charge in [-0.05, 0) is 19.4 Å². The van der Waals surface area contributed by atoms with Crippen LogP contribution in [0.15, 0.2) is 15.3 Å². The molecule has 26 heavy (non-hydrogen) atoms. The Balaban J connectivity index is 2.05. The fourth-order valence-electron chi connectivity index (χ4n) is 5.44. The van der Waals surface area contributed by atoms with Crippen LogP contribution in [0.4, 0.5) is 0 Å². The number of carbonyl (C=O) groups excluding carboxylic acids is 1. The highest BCUT2D eigenvalue weighted by atomic mass is 35.5. The van der Waals surface area contributed by atoms with Crippen LogP contribution in [0.5, 0.6) is 0 Å². The zero-order valence-corrected chi connectivity index (χ0v) is 15.4. The lowest BCUT2D eigenvalue weighted by Gasteiger charge is -2.56. The molecule has 2 fully saturated rings. The van der Waals surface area contributed by atoms with Crippen LogP contribution in [0, 0.1) is 11.3 Å². The lowest BCUT2D eigenvalue weighted by Crippen LogP contribution is -2.68. The molecule has 8 atom stereocenters. The van der Waals surface area contributed by atoms with Crippen LogP contribution in [0.1, 0.15) is 43.8 Å². The summed E-state index contributed by atoms with van der Waals surface area (Å²) in [7, 11) is 0. The van der Waals surface area contributed by atoms with E-state index in [1.165, 1.54) is 13.0 Å². The number of aliphatic hydroxyl groups excluding tert-OH is 3. The Morgan fingerprint density at radius 1 is 1.27 bits per heavy atom. The molecule has 3 N–H and O–H groups in total. The maximum atomic E-state index is 12.6. The number of rotatable bonds is 1. The lowest BCUT2D eigenvalue weighted by atomic mass is 9.48. The van der Waals surface area contributed by atoms with Crippen LogP contribution < -0.4 is 5.63 Å². The summed E-state index contributed by atoms with van der Waals surface area (Å²) in [5.74, 6) is -1.01. The molecule has 1 saturated carbocycles. The van der Waals surface area contributed by atoms with Crippen molar-refractivity contribution < 1.29 is 29.3 Å². The van der Waals surface area contributed by atoms with Gasteiger partial charge in [0, 0.05) is 29.4 Å². The molecular formula is C18H21ClO7. The van der Waals surface area contributed by atoms with Gasteiger partial charge < -0.3 is 24.5 Å². The molecule has 7 nitrogen and oxygen atoms in total. The summed E-state index contributed by atoms with van der Waals surface area (Å²) < 4.78 is 10.8. The fourth-order valence-corrected chi connectivity index (χ4v) is 5.83. The average Bonchev–Trinajstić information content (AvgIpc) is 2.84. The number of aliphatic hydroxyl groups is 3. The number of alkyl halides is 1. The van der Waals surface area contributed by atoms with Crippen LogP contribution in [-0.2, 0) is 21.4 Å². The van der Waals surface area contributed by atoms with Crippen molar-refractivity contribution in [2.24, 2.45) is 11.3 Å². The normalized spacial score (nSPS) is 44.9. The van der Waals surface area contributed by atoms with Gasteiger partial charge in [-0.3, -0.25) is 4.79 Å². The zero-order valence-electron chi connectivity index (χ0n) is 14.6. The van der Waals surface area contributed by atoms with Gasteiger partial charge in [0.15, 0.2) is 0 Å². The lowest BCUT2D eigenvalue weighted by molar-refractivity contribution is -0.165. The second kappa shape index (κ2) is 5.32. The quantitative estimate of drug-likeness (QED) is 0.473. The molecule has 1 aliphatic heterocycles. The van der Waals surface area contributed by atoms with Gasteiger partial charge in [0.1, 0.15) is 23.4 Å². The third kappa shape index (κ3) is 1.89. The summed E-state index contributed by atoms with van der Waals surface area (Å²) in [6.07, 6.45) is -4.15. The van der Waals surface area contributed by atoms with Crippen molar-refractivity contribution in [1.29, 1.82) is 0 Å². The van der Waals surface area contributed by atoms with Gasteiger partial charge in [-0.2, -0.15) is 0 Å². The SMILES string of the molecule is CC(O)c1oc(=O)cc2c1C[C@H]1OC(=O)[C@@]3(C)C(O)C(O)C(Cl)[C@@]2(C)[C@@H]13. The van der Waals surface area contributed by atoms with E-state index in [-0.39, 0.29) is 12.2 Å². The van der Waals surface area contributed by atoms with Crippen molar-refractivity contribution in [3.8, 4) is 0 Å². The first kappa shape index (κ1) is 18.0. The van der Waals surface area contributed by atoms with Crippen molar-refractivity contribution >= 4 is 17.6 Å². The van der Waals surface area contributed by atoms with Crippen molar-refractivity contribution in [2.75, 3.05) is 0 Å². The molecular weight excluding hydrogens is 364 g/mol. The minimum absolute atomic E-state index is 0.112. The van der Waals surface area contributed by atoms with Crippen molar-refractivity contribution in [1.82, 2.24) is 0 Å². The van der Waals surface area contributed by atoms with Gasteiger partial charge in [-0.15, -0.1) is 11.6 Å². The number of hydrogen-bond donors (Lipinski definition) is 3. The molecule has 0 radical (unpaired) electrons. The summed E-state index contributed by atoms with van der Waals surface area (Å²) in [5, 5.41) is 30.3. The molecule has 1 aromatic rings. The third-order valence-corrected chi connectivity index (χ3v) is 7.34. The van der Waals surface area contributed by atoms with E-state index in [0.29, 0.717) is 11.1 Å². The molecule has 4 unspecified atom stereocenters. The Hall–Kier alpha value is -1.41. The topological polar surface area (TPSA) is 117 Å². The number of esters is 1. The standard InChI is InChI=1S/C18H21ClO7/c1-6(20)12-7-4-9-13-17(2,8(7)5-10(21)26-12)14(19)11(22)15(23)18(13,3)16(24)25-9/h5-6,9,11,13-15,20,22-23H,4H2,1-3H3/t6?,9-,11?,13-,14?,15?,17-,18-/m1/s1. The monoisotopic (exact) mass is 384 g/mol. The maximum absolute atomic E-state index is 12.6. The minimum atomic E-state index is -1.39. The Labute approximate surface area is 154 Å². The van der Waals surface area contributed by atoms with Gasteiger partial charge in [-0.1, -0.05) is 6.92 Å². The Kier molecular flexibility index (Phi) is 3.68. The highest BCUT2D eigenvalue weighted by molar-refractivity contribution is 6.22. The number of ether oxygens (including phenoxy) is 1. The van der Waals surface area contributed by atoms with Gasteiger partial charge in [0.25, 0.3) is 0 Å². The number of halogens is 1. The molecule has 1 aromatic heterocycles. The van der Waals surface area contributed by atoms with Crippen LogP contribution in [0.2, 0.25) is 0 Å². The van der Waals surface area contributed by atoms with Crippen LogP contribution in [-0.4, -0.2) is 45.0 Å². The molecule has 0 amide bonds. The maximum Gasteiger partial charge on any atom is 0.336 e. The van der Waals surface area contributed by atoms with Crippen molar-refractivity contribution in [3.63, 3.8) is 0 Å². The van der Waals surface area contributed by atoms with Crippen molar-refractivity contribution in [2.45, 2.75) is 62.4 Å². The number of fused-ring (bicyclic) bond motifs is 2. The summed E-state index contributed by atoms with van der Waals surface area (Å²) in [4.78, 5) is 24.8. The molecule has 142 valence electrons. The van der Waals surface area contributed by atoms with Gasteiger partial charge >= 0.3 is 11.6 Å². The van der Waals surface area contributed by atoms with E-state index in [1.54, 1.807) is 13.8 Å². The van der Waals surface area contributed by atoms with E-state index in [0.717, 1.165) is 0 Å². The highest BCUT2D eigenvalue weighted by Gasteiger charge is 2.73. The molecule has 0 bridgehead atoms. The van der Waals surface area contributed by atoms with Gasteiger partial charge in [-0.25, -0.2) is 4.79 Å².